The van der Waals surface area contributed by atoms with Crippen molar-refractivity contribution in [1.82, 2.24) is 4.98 Å². The van der Waals surface area contributed by atoms with Crippen LogP contribution in [0.4, 0.5) is 0 Å². The average Bonchev–Trinajstić information content (AvgIpc) is 3.22. The third kappa shape index (κ3) is 6.98. The van der Waals surface area contributed by atoms with Gasteiger partial charge in [0.2, 0.25) is 5.78 Å². The summed E-state index contributed by atoms with van der Waals surface area (Å²) >= 11 is 1.32. The molecule has 3 rings (SSSR count). The number of hydrogen-bond donors (Lipinski definition) is 0. The molecule has 0 fully saturated rings. The van der Waals surface area contributed by atoms with Crippen molar-refractivity contribution in [3.8, 4) is 11.5 Å². The summed E-state index contributed by atoms with van der Waals surface area (Å²) in [6.07, 6.45) is 0. The summed E-state index contributed by atoms with van der Waals surface area (Å²) in [6, 6.07) is 12.4. The predicted octanol–water partition coefficient (Wildman–Crippen LogP) is 3.53. The zero-order valence-electron chi connectivity index (χ0n) is 17.5. The van der Waals surface area contributed by atoms with E-state index in [-0.39, 0.29) is 19.4 Å². The molecule has 0 aliphatic carbocycles. The molecular weight excluding hydrogens is 422 g/mol. The SMILES string of the molecule is COCCOCOc1ccc(C(=O)c2nc3ccc(OCOCCOC)cc3s2)cc1. The van der Waals surface area contributed by atoms with Crippen molar-refractivity contribution in [3.63, 3.8) is 0 Å². The number of ketones is 1. The van der Waals surface area contributed by atoms with E-state index in [2.05, 4.69) is 4.98 Å². The molecule has 1 heterocycles. The van der Waals surface area contributed by atoms with Gasteiger partial charge in [-0.25, -0.2) is 4.98 Å². The van der Waals surface area contributed by atoms with Crippen molar-refractivity contribution in [2.24, 2.45) is 0 Å². The van der Waals surface area contributed by atoms with Crippen LogP contribution in [0, 0.1) is 0 Å². The minimum atomic E-state index is -0.144. The standard InChI is InChI=1S/C22H25NO7S/c1-25-9-11-27-14-29-17-5-3-16(4-6-17)21(24)22-23-19-8-7-18(13-20(19)31-22)30-15-28-12-10-26-2/h3-8,13H,9-12,14-15H2,1-2H3. The number of thiazole rings is 1. The number of carbonyl (C=O) groups excluding carboxylic acids is 1. The Morgan fingerprint density at radius 1 is 0.839 bits per heavy atom. The third-order valence-corrected chi connectivity index (χ3v) is 5.17. The molecule has 0 saturated heterocycles. The summed E-state index contributed by atoms with van der Waals surface area (Å²) < 4.78 is 32.3. The first-order chi connectivity index (χ1) is 15.2. The molecule has 8 nitrogen and oxygen atoms in total. The Balaban J connectivity index is 1.57. The first-order valence-corrected chi connectivity index (χ1v) is 10.5. The highest BCUT2D eigenvalue weighted by atomic mass is 32.1. The van der Waals surface area contributed by atoms with Gasteiger partial charge in [0, 0.05) is 19.8 Å². The number of benzene rings is 2. The van der Waals surface area contributed by atoms with E-state index in [1.807, 2.05) is 12.1 Å². The molecule has 0 spiro atoms. The summed E-state index contributed by atoms with van der Waals surface area (Å²) in [7, 11) is 3.22. The van der Waals surface area contributed by atoms with E-state index in [4.69, 9.17) is 28.4 Å². The van der Waals surface area contributed by atoms with Crippen LogP contribution in [-0.4, -0.2) is 65.0 Å². The lowest BCUT2D eigenvalue weighted by atomic mass is 10.1. The zero-order valence-corrected chi connectivity index (χ0v) is 18.3. The normalized spacial score (nSPS) is 11.0. The van der Waals surface area contributed by atoms with Crippen LogP contribution in [0.1, 0.15) is 15.4 Å². The molecule has 0 aliphatic heterocycles. The van der Waals surface area contributed by atoms with Gasteiger partial charge in [0.05, 0.1) is 36.6 Å². The maximum Gasteiger partial charge on any atom is 0.221 e. The van der Waals surface area contributed by atoms with Gasteiger partial charge >= 0.3 is 0 Å². The second-order valence-electron chi connectivity index (χ2n) is 6.33. The Hall–Kier alpha value is -2.56. The monoisotopic (exact) mass is 447 g/mol. The van der Waals surface area contributed by atoms with Crippen molar-refractivity contribution in [3.05, 3.63) is 53.0 Å². The molecular formula is C22H25NO7S. The number of ether oxygens (including phenoxy) is 6. The van der Waals surface area contributed by atoms with Crippen molar-refractivity contribution in [2.45, 2.75) is 0 Å². The molecule has 2 aromatic carbocycles. The van der Waals surface area contributed by atoms with Crippen molar-refractivity contribution >= 4 is 27.3 Å². The molecule has 0 bridgehead atoms. The van der Waals surface area contributed by atoms with Gasteiger partial charge < -0.3 is 28.4 Å². The Labute approximate surface area is 184 Å². The molecule has 31 heavy (non-hydrogen) atoms. The zero-order chi connectivity index (χ0) is 21.9. The Bertz CT molecular complexity index is 958. The molecule has 0 unspecified atom stereocenters. The smallest absolute Gasteiger partial charge is 0.221 e. The number of methoxy groups -OCH3 is 2. The maximum absolute atomic E-state index is 12.8. The van der Waals surface area contributed by atoms with Gasteiger partial charge in [-0.15, -0.1) is 11.3 Å². The summed E-state index contributed by atoms with van der Waals surface area (Å²) in [5.74, 6) is 1.13. The molecule has 0 saturated carbocycles. The van der Waals surface area contributed by atoms with E-state index >= 15 is 0 Å². The van der Waals surface area contributed by atoms with Crippen LogP contribution >= 0.6 is 11.3 Å². The number of aromatic nitrogens is 1. The van der Waals surface area contributed by atoms with Gasteiger partial charge in [0.1, 0.15) is 11.5 Å². The van der Waals surface area contributed by atoms with Crippen LogP contribution in [0.25, 0.3) is 10.2 Å². The van der Waals surface area contributed by atoms with Gasteiger partial charge in [0.25, 0.3) is 0 Å². The number of nitrogens with zero attached hydrogens (tertiary/aromatic N) is 1. The van der Waals surface area contributed by atoms with E-state index < -0.39 is 0 Å². The van der Waals surface area contributed by atoms with Crippen molar-refractivity contribution < 1.29 is 33.2 Å². The fourth-order valence-corrected chi connectivity index (χ4v) is 3.50. The Kier molecular flexibility index (Phi) is 9.19. The van der Waals surface area contributed by atoms with E-state index in [0.29, 0.717) is 48.5 Å². The molecule has 0 aliphatic rings. The maximum atomic E-state index is 12.8. The number of rotatable bonds is 14. The highest BCUT2D eigenvalue weighted by Crippen LogP contribution is 2.28. The summed E-state index contributed by atoms with van der Waals surface area (Å²) in [4.78, 5) is 17.3. The lowest BCUT2D eigenvalue weighted by Gasteiger charge is -2.07. The molecule has 0 amide bonds. The van der Waals surface area contributed by atoms with Crippen molar-refractivity contribution in [2.75, 3.05) is 54.2 Å². The van der Waals surface area contributed by atoms with Gasteiger partial charge in [0.15, 0.2) is 18.6 Å². The molecule has 9 heteroatoms. The quantitative estimate of drug-likeness (QED) is 0.211. The summed E-state index contributed by atoms with van der Waals surface area (Å²) in [5, 5.41) is 0.417. The third-order valence-electron chi connectivity index (χ3n) is 4.15. The second kappa shape index (κ2) is 12.3. The first-order valence-electron chi connectivity index (χ1n) is 9.65. The largest absolute Gasteiger partial charge is 0.468 e. The van der Waals surface area contributed by atoms with Crippen LogP contribution in [0.15, 0.2) is 42.5 Å². The lowest BCUT2D eigenvalue weighted by Crippen LogP contribution is -2.08. The molecule has 1 aromatic heterocycles. The Morgan fingerprint density at radius 2 is 1.45 bits per heavy atom. The van der Waals surface area contributed by atoms with Gasteiger partial charge in [-0.3, -0.25) is 4.79 Å². The molecule has 0 atom stereocenters. The van der Waals surface area contributed by atoms with Crippen LogP contribution in [0.3, 0.4) is 0 Å². The first kappa shape index (κ1) is 23.1. The Morgan fingerprint density at radius 3 is 2.10 bits per heavy atom. The highest BCUT2D eigenvalue weighted by Gasteiger charge is 2.15. The van der Waals surface area contributed by atoms with Crippen LogP contribution < -0.4 is 9.47 Å². The van der Waals surface area contributed by atoms with E-state index in [1.165, 1.54) is 11.3 Å². The molecule has 166 valence electrons. The fraction of sp³-hybridized carbons (Fsp3) is 0.364. The van der Waals surface area contributed by atoms with E-state index in [1.54, 1.807) is 44.6 Å². The van der Waals surface area contributed by atoms with Gasteiger partial charge in [-0.2, -0.15) is 0 Å². The van der Waals surface area contributed by atoms with Gasteiger partial charge in [-0.05, 0) is 42.5 Å². The number of hydrogen-bond acceptors (Lipinski definition) is 9. The van der Waals surface area contributed by atoms with Crippen LogP contribution in [-0.2, 0) is 18.9 Å². The summed E-state index contributed by atoms with van der Waals surface area (Å²) in [5.41, 5.74) is 1.28. The molecule has 0 N–H and O–H groups in total. The van der Waals surface area contributed by atoms with Crippen LogP contribution in [0.5, 0.6) is 11.5 Å². The van der Waals surface area contributed by atoms with E-state index in [0.717, 1.165) is 10.2 Å². The number of carbonyl (C=O) groups is 1. The minimum absolute atomic E-state index is 0.121. The van der Waals surface area contributed by atoms with Crippen molar-refractivity contribution in [1.29, 1.82) is 0 Å². The van der Waals surface area contributed by atoms with Crippen LogP contribution in [0.2, 0.25) is 0 Å². The number of fused-ring (bicyclic) bond motifs is 1. The molecule has 3 aromatic rings. The lowest BCUT2D eigenvalue weighted by molar-refractivity contribution is -0.00854. The topological polar surface area (TPSA) is 85.3 Å². The average molecular weight is 448 g/mol. The second-order valence-corrected chi connectivity index (χ2v) is 7.36. The highest BCUT2D eigenvalue weighted by molar-refractivity contribution is 7.20. The summed E-state index contributed by atoms with van der Waals surface area (Å²) in [6.45, 7) is 2.19. The van der Waals surface area contributed by atoms with E-state index in [9.17, 15) is 4.79 Å². The van der Waals surface area contributed by atoms with Gasteiger partial charge in [-0.1, -0.05) is 0 Å². The molecule has 0 radical (unpaired) electrons. The fourth-order valence-electron chi connectivity index (χ4n) is 2.54. The predicted molar refractivity (Wildman–Crippen MR) is 116 cm³/mol. The minimum Gasteiger partial charge on any atom is -0.468 e.